The first-order valence-corrected chi connectivity index (χ1v) is 9.21. The molecule has 146 valence electrons. The van der Waals surface area contributed by atoms with Gasteiger partial charge in [-0.2, -0.15) is 0 Å². The fraction of sp³-hybridized carbons (Fsp3) is 0.500. The number of nitrogens with zero attached hydrogens (tertiary/aromatic N) is 1. The smallest absolute Gasteiger partial charge is 0.410 e. The molecule has 2 aliphatic heterocycles. The van der Waals surface area contributed by atoms with Crippen molar-refractivity contribution in [1.29, 1.82) is 0 Å². The summed E-state index contributed by atoms with van der Waals surface area (Å²) >= 11 is 0. The van der Waals surface area contributed by atoms with Gasteiger partial charge in [-0.15, -0.1) is 0 Å². The molecule has 2 heterocycles. The maximum atomic E-state index is 12.3. The second kappa shape index (κ2) is 7.50. The van der Waals surface area contributed by atoms with E-state index >= 15 is 0 Å². The first kappa shape index (κ1) is 19.1. The zero-order valence-electron chi connectivity index (χ0n) is 16.3. The maximum absolute atomic E-state index is 12.3. The Morgan fingerprint density at radius 3 is 2.52 bits per heavy atom. The third-order valence-corrected chi connectivity index (χ3v) is 4.80. The number of methoxy groups -OCH3 is 1. The van der Waals surface area contributed by atoms with Crippen molar-refractivity contribution in [2.45, 2.75) is 45.1 Å². The maximum Gasteiger partial charge on any atom is 0.410 e. The molecule has 7 nitrogen and oxygen atoms in total. The van der Waals surface area contributed by atoms with Crippen LogP contribution in [0.4, 0.5) is 10.5 Å². The molecule has 2 N–H and O–H groups in total. The van der Waals surface area contributed by atoms with Crippen molar-refractivity contribution in [3.05, 3.63) is 35.0 Å². The second-order valence-electron chi connectivity index (χ2n) is 7.83. The quantitative estimate of drug-likeness (QED) is 0.773. The number of benzene rings is 1. The van der Waals surface area contributed by atoms with Gasteiger partial charge in [-0.05, 0) is 57.2 Å². The number of piperidine rings is 1. The fourth-order valence-corrected chi connectivity index (χ4v) is 3.52. The van der Waals surface area contributed by atoms with Crippen LogP contribution in [0.2, 0.25) is 0 Å². The minimum absolute atomic E-state index is 0.255. The topological polar surface area (TPSA) is 79.9 Å². The number of ether oxygens (including phenoxy) is 2. The number of fused-ring (bicyclic) bond motifs is 1. The molecule has 0 bridgehead atoms. The van der Waals surface area contributed by atoms with Gasteiger partial charge in [0.05, 0.1) is 18.4 Å². The van der Waals surface area contributed by atoms with Crippen molar-refractivity contribution in [3.63, 3.8) is 0 Å². The summed E-state index contributed by atoms with van der Waals surface area (Å²) < 4.78 is 10.3. The number of hydrogen-bond acceptors (Lipinski definition) is 6. The molecule has 0 atom stereocenters. The molecular weight excluding hydrogens is 346 g/mol. The number of carbonyl (C=O) groups is 2. The van der Waals surface area contributed by atoms with Crippen molar-refractivity contribution in [1.82, 2.24) is 10.3 Å². The number of likely N-dealkylation sites (tertiary alicyclic amines) is 1. The van der Waals surface area contributed by atoms with Crippen LogP contribution in [0, 0.1) is 0 Å². The van der Waals surface area contributed by atoms with Gasteiger partial charge in [0.1, 0.15) is 5.60 Å². The van der Waals surface area contributed by atoms with Crippen molar-refractivity contribution in [2.24, 2.45) is 0 Å². The lowest BCUT2D eigenvalue weighted by molar-refractivity contribution is 0.0204. The Balaban J connectivity index is 1.76. The Bertz CT molecular complexity index is 759. The van der Waals surface area contributed by atoms with Crippen LogP contribution in [0.3, 0.4) is 0 Å². The summed E-state index contributed by atoms with van der Waals surface area (Å²) in [6.45, 7) is 6.94. The molecular formula is C20H27N3O4. The average Bonchev–Trinajstić information content (AvgIpc) is 2.65. The number of nitrogens with one attached hydrogen (secondary N) is 2. The van der Waals surface area contributed by atoms with E-state index in [9.17, 15) is 9.59 Å². The van der Waals surface area contributed by atoms with Gasteiger partial charge in [0.25, 0.3) is 0 Å². The summed E-state index contributed by atoms with van der Waals surface area (Å²) in [5.74, 6) is -0.0594. The van der Waals surface area contributed by atoms with E-state index < -0.39 is 5.60 Å². The predicted molar refractivity (Wildman–Crippen MR) is 103 cm³/mol. The molecule has 1 amide bonds. The van der Waals surface area contributed by atoms with Crippen LogP contribution < -0.4 is 10.9 Å². The lowest BCUT2D eigenvalue weighted by Crippen LogP contribution is -2.41. The summed E-state index contributed by atoms with van der Waals surface area (Å²) in [5.41, 5.74) is 8.89. The summed E-state index contributed by atoms with van der Waals surface area (Å²) in [6, 6.07) is 3.80. The molecule has 1 saturated heterocycles. The molecule has 3 rings (SSSR count). The number of hydrazine groups is 1. The lowest BCUT2D eigenvalue weighted by Gasteiger charge is -2.34. The molecule has 0 radical (unpaired) electrons. The largest absolute Gasteiger partial charge is 0.465 e. The van der Waals surface area contributed by atoms with Crippen LogP contribution >= 0.6 is 0 Å². The molecule has 0 spiro atoms. The Labute approximate surface area is 159 Å². The average molecular weight is 373 g/mol. The van der Waals surface area contributed by atoms with Crippen molar-refractivity contribution >= 4 is 23.8 Å². The van der Waals surface area contributed by atoms with E-state index in [2.05, 4.69) is 10.9 Å². The third-order valence-electron chi connectivity index (χ3n) is 4.80. The standard InChI is InChI=1S/C20H27N3O4/c1-20(2,3)27-19(25)23-11-8-13(9-12-23)14-5-6-16(18(24)26-4)17-15(14)7-10-21-22-17/h5-7,10,13,21-22H,8-9,11-12H2,1-4H3. The van der Waals surface area contributed by atoms with Crippen LogP contribution in [-0.2, 0) is 9.47 Å². The van der Waals surface area contributed by atoms with Gasteiger partial charge >= 0.3 is 12.1 Å². The van der Waals surface area contributed by atoms with E-state index in [0.29, 0.717) is 24.6 Å². The van der Waals surface area contributed by atoms with E-state index in [4.69, 9.17) is 9.47 Å². The van der Waals surface area contributed by atoms with Crippen LogP contribution in [0.1, 0.15) is 61.0 Å². The highest BCUT2D eigenvalue weighted by Crippen LogP contribution is 2.37. The highest BCUT2D eigenvalue weighted by atomic mass is 16.6. The second-order valence-corrected chi connectivity index (χ2v) is 7.83. The highest BCUT2D eigenvalue weighted by Gasteiger charge is 2.30. The van der Waals surface area contributed by atoms with E-state index in [1.165, 1.54) is 12.7 Å². The number of carbonyl (C=O) groups excluding carboxylic acids is 2. The van der Waals surface area contributed by atoms with Gasteiger partial charge in [-0.1, -0.05) is 6.07 Å². The number of amides is 1. The van der Waals surface area contributed by atoms with Gasteiger partial charge < -0.3 is 19.8 Å². The summed E-state index contributed by atoms with van der Waals surface area (Å²) in [7, 11) is 1.38. The Hall–Kier alpha value is -2.70. The number of rotatable bonds is 2. The molecule has 0 aliphatic carbocycles. The van der Waals surface area contributed by atoms with Crippen molar-refractivity contribution in [2.75, 3.05) is 25.6 Å². The Kier molecular flexibility index (Phi) is 5.30. The van der Waals surface area contributed by atoms with E-state index in [-0.39, 0.29) is 12.1 Å². The van der Waals surface area contributed by atoms with Crippen LogP contribution in [0.25, 0.3) is 6.08 Å². The summed E-state index contributed by atoms with van der Waals surface area (Å²) in [6.07, 6.45) is 5.22. The molecule has 0 saturated carbocycles. The van der Waals surface area contributed by atoms with Gasteiger partial charge in [0, 0.05) is 24.9 Å². The highest BCUT2D eigenvalue weighted by molar-refractivity contribution is 5.98. The lowest BCUT2D eigenvalue weighted by atomic mass is 9.84. The van der Waals surface area contributed by atoms with Crippen LogP contribution in [0.5, 0.6) is 0 Å². The normalized spacial score (nSPS) is 16.8. The first-order chi connectivity index (χ1) is 12.8. The van der Waals surface area contributed by atoms with Crippen LogP contribution in [-0.4, -0.2) is 42.8 Å². The predicted octanol–water partition coefficient (Wildman–Crippen LogP) is 3.49. The van der Waals surface area contributed by atoms with Crippen molar-refractivity contribution in [3.8, 4) is 0 Å². The zero-order valence-corrected chi connectivity index (χ0v) is 16.3. The van der Waals surface area contributed by atoms with Gasteiger partial charge in [-0.3, -0.25) is 5.43 Å². The SMILES string of the molecule is COC(=O)c1ccc(C2CCN(C(=O)OC(C)(C)C)CC2)c2c1NNC=C2. The number of esters is 1. The third kappa shape index (κ3) is 4.18. The fourth-order valence-electron chi connectivity index (χ4n) is 3.52. The number of hydrogen-bond donors (Lipinski definition) is 2. The molecule has 2 aliphatic rings. The van der Waals surface area contributed by atoms with Gasteiger partial charge in [0.15, 0.2) is 0 Å². The van der Waals surface area contributed by atoms with Gasteiger partial charge in [0.2, 0.25) is 0 Å². The molecule has 27 heavy (non-hydrogen) atoms. The molecule has 1 fully saturated rings. The van der Waals surface area contributed by atoms with Crippen LogP contribution in [0.15, 0.2) is 18.3 Å². The summed E-state index contributed by atoms with van der Waals surface area (Å²) in [5, 5.41) is 0. The number of anilines is 1. The first-order valence-electron chi connectivity index (χ1n) is 9.21. The minimum atomic E-state index is -0.486. The minimum Gasteiger partial charge on any atom is -0.465 e. The molecule has 0 aromatic heterocycles. The molecule has 0 unspecified atom stereocenters. The van der Waals surface area contributed by atoms with E-state index in [1.807, 2.05) is 39.1 Å². The Morgan fingerprint density at radius 2 is 1.89 bits per heavy atom. The van der Waals surface area contributed by atoms with Gasteiger partial charge in [-0.25, -0.2) is 9.59 Å². The molecule has 7 heteroatoms. The monoisotopic (exact) mass is 373 g/mol. The van der Waals surface area contributed by atoms with E-state index in [0.717, 1.165) is 24.1 Å². The zero-order chi connectivity index (χ0) is 19.6. The van der Waals surface area contributed by atoms with E-state index in [1.54, 1.807) is 11.0 Å². The molecule has 1 aromatic carbocycles. The summed E-state index contributed by atoms with van der Waals surface area (Å²) in [4.78, 5) is 26.1. The van der Waals surface area contributed by atoms with Crippen molar-refractivity contribution < 1.29 is 19.1 Å². The Morgan fingerprint density at radius 1 is 1.19 bits per heavy atom. The molecule has 1 aromatic rings.